The number of hydrogen-bond acceptors (Lipinski definition) is 3. The van der Waals surface area contributed by atoms with Crippen LogP contribution in [0.25, 0.3) is 0 Å². The third kappa shape index (κ3) is 2.19. The van der Waals surface area contributed by atoms with E-state index in [-0.39, 0.29) is 23.8 Å². The maximum absolute atomic E-state index is 11.0. The largest absolute Gasteiger partial charge is 0.458 e. The average molecular weight is 168 g/mol. The van der Waals surface area contributed by atoms with E-state index in [1.165, 1.54) is 13.0 Å². The minimum absolute atomic E-state index is 0.0284. The van der Waals surface area contributed by atoms with Crippen molar-refractivity contribution in [2.45, 2.75) is 26.4 Å². The zero-order valence-electron chi connectivity index (χ0n) is 7.24. The van der Waals surface area contributed by atoms with E-state index >= 15 is 0 Å². The van der Waals surface area contributed by atoms with E-state index in [2.05, 4.69) is 0 Å². The average Bonchev–Trinajstić information content (AvgIpc) is 1.96. The molecule has 0 bridgehead atoms. The predicted molar refractivity (Wildman–Crippen MR) is 43.5 cm³/mol. The molecule has 0 aliphatic heterocycles. The maximum Gasteiger partial charge on any atom is 0.303 e. The molecule has 0 spiro atoms. The first-order chi connectivity index (χ1) is 5.59. The van der Waals surface area contributed by atoms with Gasteiger partial charge in [-0.15, -0.1) is 0 Å². The van der Waals surface area contributed by atoms with Gasteiger partial charge < -0.3 is 4.74 Å². The molecule has 1 rings (SSSR count). The third-order valence-electron chi connectivity index (χ3n) is 1.86. The van der Waals surface area contributed by atoms with Crippen molar-refractivity contribution in [1.82, 2.24) is 0 Å². The number of esters is 1. The Labute approximate surface area is 71.4 Å². The number of hydrogen-bond donors (Lipinski definition) is 0. The van der Waals surface area contributed by atoms with Crippen molar-refractivity contribution in [2.75, 3.05) is 0 Å². The summed E-state index contributed by atoms with van der Waals surface area (Å²) >= 11 is 0. The number of ketones is 1. The molecule has 2 atom stereocenters. The molecule has 3 nitrogen and oxygen atoms in total. The van der Waals surface area contributed by atoms with E-state index in [0.717, 1.165) is 0 Å². The van der Waals surface area contributed by atoms with Gasteiger partial charge in [0, 0.05) is 12.8 Å². The molecule has 0 radical (unpaired) electrons. The van der Waals surface area contributed by atoms with Crippen LogP contribution >= 0.6 is 0 Å². The van der Waals surface area contributed by atoms with Gasteiger partial charge in [0.1, 0.15) is 6.10 Å². The Morgan fingerprint density at radius 1 is 1.67 bits per heavy atom. The van der Waals surface area contributed by atoms with Gasteiger partial charge in [-0.3, -0.25) is 9.59 Å². The Hall–Kier alpha value is -1.12. The van der Waals surface area contributed by atoms with Crippen molar-refractivity contribution in [3.8, 4) is 0 Å². The van der Waals surface area contributed by atoms with Crippen LogP contribution in [0.5, 0.6) is 0 Å². The number of ether oxygens (including phenoxy) is 1. The summed E-state index contributed by atoms with van der Waals surface area (Å²) in [5.74, 6) is -0.219. The van der Waals surface area contributed by atoms with Gasteiger partial charge in [-0.2, -0.15) is 0 Å². The van der Waals surface area contributed by atoms with Gasteiger partial charge in [-0.05, 0) is 18.6 Å². The SMILES string of the molecule is CC(=O)O[C@H]1C=CC(=O)[C@H](C)C1. The van der Waals surface area contributed by atoms with E-state index in [1.807, 2.05) is 6.92 Å². The van der Waals surface area contributed by atoms with Crippen molar-refractivity contribution in [1.29, 1.82) is 0 Å². The molecule has 66 valence electrons. The number of allylic oxidation sites excluding steroid dienone is 1. The summed E-state index contributed by atoms with van der Waals surface area (Å²) in [7, 11) is 0. The minimum Gasteiger partial charge on any atom is -0.458 e. The highest BCUT2D eigenvalue weighted by atomic mass is 16.5. The van der Waals surface area contributed by atoms with Crippen LogP contribution in [-0.4, -0.2) is 17.9 Å². The summed E-state index contributed by atoms with van der Waals surface area (Å²) in [4.78, 5) is 21.6. The molecule has 1 aliphatic rings. The molecule has 0 fully saturated rings. The molecule has 3 heteroatoms. The van der Waals surface area contributed by atoms with Crippen LogP contribution in [0, 0.1) is 5.92 Å². The lowest BCUT2D eigenvalue weighted by atomic mass is 9.93. The van der Waals surface area contributed by atoms with E-state index in [1.54, 1.807) is 6.08 Å². The lowest BCUT2D eigenvalue weighted by Crippen LogP contribution is -2.24. The summed E-state index contributed by atoms with van der Waals surface area (Å²) in [5.41, 5.74) is 0. The van der Waals surface area contributed by atoms with Gasteiger partial charge in [-0.1, -0.05) is 6.92 Å². The smallest absolute Gasteiger partial charge is 0.303 e. The third-order valence-corrected chi connectivity index (χ3v) is 1.86. The molecule has 0 aromatic rings. The molecule has 0 amide bonds. The number of carbonyl (C=O) groups excluding carboxylic acids is 2. The Morgan fingerprint density at radius 2 is 2.33 bits per heavy atom. The molecule has 1 aliphatic carbocycles. The van der Waals surface area contributed by atoms with Gasteiger partial charge >= 0.3 is 5.97 Å². The summed E-state index contributed by atoms with van der Waals surface area (Å²) in [6.45, 7) is 3.21. The molecule has 0 unspecified atom stereocenters. The molecular weight excluding hydrogens is 156 g/mol. The van der Waals surface area contributed by atoms with Gasteiger partial charge in [0.05, 0.1) is 0 Å². The van der Waals surface area contributed by atoms with Crippen LogP contribution in [0.1, 0.15) is 20.3 Å². The van der Waals surface area contributed by atoms with E-state index < -0.39 is 0 Å². The summed E-state index contributed by atoms with van der Waals surface area (Å²) in [6, 6.07) is 0. The van der Waals surface area contributed by atoms with Gasteiger partial charge in [0.15, 0.2) is 5.78 Å². The zero-order valence-corrected chi connectivity index (χ0v) is 7.24. The van der Waals surface area contributed by atoms with Gasteiger partial charge in [0.2, 0.25) is 0 Å². The van der Waals surface area contributed by atoms with E-state index in [0.29, 0.717) is 6.42 Å². The second kappa shape index (κ2) is 3.52. The first-order valence-electron chi connectivity index (χ1n) is 3.99. The van der Waals surface area contributed by atoms with Crippen LogP contribution in [0.3, 0.4) is 0 Å². The van der Waals surface area contributed by atoms with Crippen molar-refractivity contribution in [3.05, 3.63) is 12.2 Å². The van der Waals surface area contributed by atoms with E-state index in [9.17, 15) is 9.59 Å². The van der Waals surface area contributed by atoms with Crippen molar-refractivity contribution in [3.63, 3.8) is 0 Å². The molecule has 0 saturated carbocycles. The molecule has 0 aromatic carbocycles. The fourth-order valence-corrected chi connectivity index (χ4v) is 1.21. The Kier molecular flexibility index (Phi) is 2.63. The fraction of sp³-hybridized carbons (Fsp3) is 0.556. The Bertz CT molecular complexity index is 230. The van der Waals surface area contributed by atoms with Crippen LogP contribution in [0.4, 0.5) is 0 Å². The maximum atomic E-state index is 11.0. The highest BCUT2D eigenvalue weighted by Gasteiger charge is 2.21. The minimum atomic E-state index is -0.300. The highest BCUT2D eigenvalue weighted by Crippen LogP contribution is 2.17. The lowest BCUT2D eigenvalue weighted by molar-refractivity contribution is -0.145. The molecular formula is C9H12O3. The first-order valence-corrected chi connectivity index (χ1v) is 3.99. The Morgan fingerprint density at radius 3 is 2.83 bits per heavy atom. The lowest BCUT2D eigenvalue weighted by Gasteiger charge is -2.20. The summed E-state index contributed by atoms with van der Waals surface area (Å²) in [6.07, 6.45) is 3.52. The normalized spacial score (nSPS) is 28.7. The van der Waals surface area contributed by atoms with Crippen LogP contribution in [0.15, 0.2) is 12.2 Å². The monoisotopic (exact) mass is 168 g/mol. The van der Waals surface area contributed by atoms with Crippen LogP contribution in [-0.2, 0) is 14.3 Å². The van der Waals surface area contributed by atoms with Gasteiger partial charge in [-0.25, -0.2) is 0 Å². The van der Waals surface area contributed by atoms with Crippen molar-refractivity contribution in [2.24, 2.45) is 5.92 Å². The number of carbonyl (C=O) groups is 2. The fourth-order valence-electron chi connectivity index (χ4n) is 1.21. The van der Waals surface area contributed by atoms with Crippen LogP contribution < -0.4 is 0 Å². The van der Waals surface area contributed by atoms with E-state index in [4.69, 9.17) is 4.74 Å². The standard InChI is InChI=1S/C9H12O3/c1-6-5-8(12-7(2)10)3-4-9(6)11/h3-4,6,8H,5H2,1-2H3/t6-,8+/m1/s1. The second-order valence-electron chi connectivity index (χ2n) is 3.05. The topological polar surface area (TPSA) is 43.4 Å². The van der Waals surface area contributed by atoms with Crippen molar-refractivity contribution >= 4 is 11.8 Å². The summed E-state index contributed by atoms with van der Waals surface area (Å²) in [5, 5.41) is 0. The second-order valence-corrected chi connectivity index (χ2v) is 3.05. The summed E-state index contributed by atoms with van der Waals surface area (Å²) < 4.78 is 4.93. The molecule has 0 aromatic heterocycles. The number of rotatable bonds is 1. The predicted octanol–water partition coefficient (Wildman–Crippen LogP) is 1.08. The molecule has 0 N–H and O–H groups in total. The quantitative estimate of drug-likeness (QED) is 0.550. The molecule has 0 heterocycles. The first kappa shape index (κ1) is 8.97. The van der Waals surface area contributed by atoms with Crippen molar-refractivity contribution < 1.29 is 14.3 Å². The molecule has 12 heavy (non-hydrogen) atoms. The van der Waals surface area contributed by atoms with Gasteiger partial charge in [0.25, 0.3) is 0 Å². The zero-order chi connectivity index (χ0) is 9.14. The molecule has 0 saturated heterocycles. The Balaban J connectivity index is 2.55. The highest BCUT2D eigenvalue weighted by molar-refractivity contribution is 5.92. The van der Waals surface area contributed by atoms with Crippen LogP contribution in [0.2, 0.25) is 0 Å².